The molecule has 1 nitrogen and oxygen atoms in total. The molecule has 0 saturated carbocycles. The molecule has 0 fully saturated rings. The summed E-state index contributed by atoms with van der Waals surface area (Å²) in [6, 6.07) is 9.79. The van der Waals surface area contributed by atoms with Crippen LogP contribution in [0.25, 0.3) is 0 Å². The van der Waals surface area contributed by atoms with Crippen LogP contribution in [0.15, 0.2) is 24.3 Å². The summed E-state index contributed by atoms with van der Waals surface area (Å²) in [4.78, 5) is 0. The Hall–Kier alpha value is -0.820. The van der Waals surface area contributed by atoms with Crippen molar-refractivity contribution in [2.45, 2.75) is 59.4 Å². The lowest BCUT2D eigenvalue weighted by atomic mass is 9.98. The van der Waals surface area contributed by atoms with E-state index in [2.05, 4.69) is 57.3 Å². The molecule has 0 aliphatic heterocycles. The van der Waals surface area contributed by atoms with Crippen molar-refractivity contribution in [2.24, 2.45) is 5.92 Å². The van der Waals surface area contributed by atoms with E-state index < -0.39 is 0 Å². The van der Waals surface area contributed by atoms with Gasteiger partial charge in [-0.3, -0.25) is 0 Å². The topological polar surface area (TPSA) is 12.0 Å². The van der Waals surface area contributed by atoms with Crippen LogP contribution in [0.2, 0.25) is 0 Å². The highest BCUT2D eigenvalue weighted by Crippen LogP contribution is 2.13. The van der Waals surface area contributed by atoms with E-state index in [1.165, 1.54) is 36.8 Å². The standard InChI is InChI=1S/C17H29N/c1-5-17(18-6-2)11-10-15-8-7-9-16(13-15)12-14(3)4/h7-9,13-14,17-18H,5-6,10-12H2,1-4H3. The van der Waals surface area contributed by atoms with Crippen LogP contribution in [0.3, 0.4) is 0 Å². The molecule has 1 aromatic rings. The fourth-order valence-corrected chi connectivity index (χ4v) is 2.46. The van der Waals surface area contributed by atoms with Crippen LogP contribution in [-0.2, 0) is 12.8 Å². The van der Waals surface area contributed by atoms with Gasteiger partial charge in [0.2, 0.25) is 0 Å². The Bertz CT molecular complexity index is 330. The molecular formula is C17H29N. The molecule has 0 aliphatic carbocycles. The van der Waals surface area contributed by atoms with Gasteiger partial charge in [0.25, 0.3) is 0 Å². The fraction of sp³-hybridized carbons (Fsp3) is 0.647. The fourth-order valence-electron chi connectivity index (χ4n) is 2.46. The van der Waals surface area contributed by atoms with Crippen molar-refractivity contribution in [3.8, 4) is 0 Å². The molecule has 0 amide bonds. The molecule has 0 aromatic heterocycles. The van der Waals surface area contributed by atoms with Crippen molar-refractivity contribution in [1.82, 2.24) is 5.32 Å². The number of rotatable bonds is 8. The third-order valence-corrected chi connectivity index (χ3v) is 3.40. The van der Waals surface area contributed by atoms with E-state index in [4.69, 9.17) is 0 Å². The van der Waals surface area contributed by atoms with Crippen LogP contribution in [0.4, 0.5) is 0 Å². The summed E-state index contributed by atoms with van der Waals surface area (Å²) in [5.41, 5.74) is 2.98. The van der Waals surface area contributed by atoms with Crippen molar-refractivity contribution in [2.75, 3.05) is 6.54 Å². The van der Waals surface area contributed by atoms with Gasteiger partial charge in [-0.15, -0.1) is 0 Å². The zero-order chi connectivity index (χ0) is 13.4. The van der Waals surface area contributed by atoms with Crippen LogP contribution < -0.4 is 5.32 Å². The zero-order valence-corrected chi connectivity index (χ0v) is 12.5. The molecule has 18 heavy (non-hydrogen) atoms. The van der Waals surface area contributed by atoms with Gasteiger partial charge in [0.1, 0.15) is 0 Å². The lowest BCUT2D eigenvalue weighted by molar-refractivity contribution is 0.481. The highest BCUT2D eigenvalue weighted by molar-refractivity contribution is 5.24. The molecule has 1 heteroatoms. The summed E-state index contributed by atoms with van der Waals surface area (Å²) in [7, 11) is 0. The van der Waals surface area contributed by atoms with Crippen molar-refractivity contribution < 1.29 is 0 Å². The van der Waals surface area contributed by atoms with E-state index >= 15 is 0 Å². The van der Waals surface area contributed by atoms with Gasteiger partial charge in [0, 0.05) is 6.04 Å². The van der Waals surface area contributed by atoms with Crippen LogP contribution >= 0.6 is 0 Å². The second-order valence-electron chi connectivity index (χ2n) is 5.62. The molecule has 0 radical (unpaired) electrons. The van der Waals surface area contributed by atoms with Crippen molar-refractivity contribution in [3.05, 3.63) is 35.4 Å². The maximum atomic E-state index is 3.55. The predicted octanol–water partition coefficient (Wildman–Crippen LogP) is 4.21. The molecule has 0 spiro atoms. The first-order valence-corrected chi connectivity index (χ1v) is 7.46. The molecule has 1 atom stereocenters. The third-order valence-electron chi connectivity index (χ3n) is 3.40. The van der Waals surface area contributed by atoms with Crippen molar-refractivity contribution >= 4 is 0 Å². The zero-order valence-electron chi connectivity index (χ0n) is 12.5. The second kappa shape index (κ2) is 8.31. The highest BCUT2D eigenvalue weighted by Gasteiger charge is 2.05. The van der Waals surface area contributed by atoms with Gasteiger partial charge < -0.3 is 5.32 Å². The summed E-state index contributed by atoms with van der Waals surface area (Å²) in [5.74, 6) is 0.741. The van der Waals surface area contributed by atoms with E-state index in [9.17, 15) is 0 Å². The molecule has 1 unspecified atom stereocenters. The molecule has 0 saturated heterocycles. The predicted molar refractivity (Wildman–Crippen MR) is 81.1 cm³/mol. The van der Waals surface area contributed by atoms with Gasteiger partial charge in [-0.25, -0.2) is 0 Å². The molecule has 0 aliphatic rings. The lowest BCUT2D eigenvalue weighted by Crippen LogP contribution is -2.28. The monoisotopic (exact) mass is 247 g/mol. The normalized spacial score (nSPS) is 12.9. The number of aryl methyl sites for hydroxylation is 1. The molecule has 0 bridgehead atoms. The van der Waals surface area contributed by atoms with E-state index in [1.54, 1.807) is 0 Å². The van der Waals surface area contributed by atoms with Gasteiger partial charge >= 0.3 is 0 Å². The minimum atomic E-state index is 0.670. The van der Waals surface area contributed by atoms with Gasteiger partial charge in [-0.2, -0.15) is 0 Å². The summed E-state index contributed by atoms with van der Waals surface area (Å²) >= 11 is 0. The van der Waals surface area contributed by atoms with Crippen molar-refractivity contribution in [3.63, 3.8) is 0 Å². The lowest BCUT2D eigenvalue weighted by Gasteiger charge is -2.16. The van der Waals surface area contributed by atoms with Gasteiger partial charge in [-0.05, 0) is 49.3 Å². The first-order valence-electron chi connectivity index (χ1n) is 7.46. The average molecular weight is 247 g/mol. The summed E-state index contributed by atoms with van der Waals surface area (Å²) < 4.78 is 0. The Morgan fingerprint density at radius 1 is 1.11 bits per heavy atom. The minimum absolute atomic E-state index is 0.670. The first kappa shape index (κ1) is 15.2. The van der Waals surface area contributed by atoms with Crippen LogP contribution in [-0.4, -0.2) is 12.6 Å². The van der Waals surface area contributed by atoms with E-state index in [0.29, 0.717) is 6.04 Å². The van der Waals surface area contributed by atoms with Crippen LogP contribution in [0.5, 0.6) is 0 Å². The van der Waals surface area contributed by atoms with Gasteiger partial charge in [0.15, 0.2) is 0 Å². The summed E-state index contributed by atoms with van der Waals surface area (Å²) in [5, 5.41) is 3.55. The largest absolute Gasteiger partial charge is 0.314 e. The molecular weight excluding hydrogens is 218 g/mol. The number of hydrogen-bond donors (Lipinski definition) is 1. The second-order valence-corrected chi connectivity index (χ2v) is 5.62. The van der Waals surface area contributed by atoms with E-state index in [0.717, 1.165) is 12.5 Å². The maximum absolute atomic E-state index is 3.55. The quantitative estimate of drug-likeness (QED) is 0.726. The SMILES string of the molecule is CCNC(CC)CCc1cccc(CC(C)C)c1. The molecule has 1 aromatic carbocycles. The first-order chi connectivity index (χ1) is 8.65. The minimum Gasteiger partial charge on any atom is -0.314 e. The Balaban J connectivity index is 2.51. The molecule has 1 N–H and O–H groups in total. The van der Waals surface area contributed by atoms with Gasteiger partial charge in [-0.1, -0.05) is 52.0 Å². The Morgan fingerprint density at radius 3 is 2.44 bits per heavy atom. The molecule has 1 rings (SSSR count). The highest BCUT2D eigenvalue weighted by atomic mass is 14.9. The molecule has 102 valence electrons. The summed E-state index contributed by atoms with van der Waals surface area (Å²) in [6.07, 6.45) is 4.85. The third kappa shape index (κ3) is 5.68. The van der Waals surface area contributed by atoms with Crippen LogP contribution in [0.1, 0.15) is 51.7 Å². The average Bonchev–Trinajstić information content (AvgIpc) is 2.34. The summed E-state index contributed by atoms with van der Waals surface area (Å²) in [6.45, 7) is 10.1. The van der Waals surface area contributed by atoms with E-state index in [1.807, 2.05) is 0 Å². The van der Waals surface area contributed by atoms with Gasteiger partial charge in [0.05, 0.1) is 0 Å². The van der Waals surface area contributed by atoms with E-state index in [-0.39, 0.29) is 0 Å². The Morgan fingerprint density at radius 2 is 1.83 bits per heavy atom. The van der Waals surface area contributed by atoms with Crippen molar-refractivity contribution in [1.29, 1.82) is 0 Å². The maximum Gasteiger partial charge on any atom is 0.00674 e. The Kier molecular flexibility index (Phi) is 7.04. The Labute approximate surface area is 113 Å². The van der Waals surface area contributed by atoms with Crippen LogP contribution in [0, 0.1) is 5.92 Å². The number of nitrogens with one attached hydrogen (secondary N) is 1. The smallest absolute Gasteiger partial charge is 0.00674 e. The molecule has 0 heterocycles. The number of benzene rings is 1. The number of hydrogen-bond acceptors (Lipinski definition) is 1.